The molecule has 1 saturated heterocycles. The topological polar surface area (TPSA) is 67.8 Å². The Morgan fingerprint density at radius 2 is 1.96 bits per heavy atom. The number of methoxy groups -OCH3 is 1. The number of carbonyl (C=O) groups excluding carboxylic acids is 1. The molecule has 3 rings (SSSR count). The van der Waals surface area contributed by atoms with Crippen molar-refractivity contribution in [1.29, 1.82) is 0 Å². The van der Waals surface area contributed by atoms with Gasteiger partial charge in [0.25, 0.3) is 5.91 Å². The third-order valence-corrected chi connectivity index (χ3v) is 4.65. The van der Waals surface area contributed by atoms with Crippen molar-refractivity contribution < 1.29 is 14.3 Å². The van der Waals surface area contributed by atoms with Crippen LogP contribution in [-0.4, -0.2) is 60.7 Å². The molecule has 1 amide bonds. The number of piperazine rings is 1. The van der Waals surface area contributed by atoms with Gasteiger partial charge in [-0.1, -0.05) is 26.0 Å². The van der Waals surface area contributed by atoms with Gasteiger partial charge in [0, 0.05) is 26.2 Å². The number of carbonyl (C=O) groups is 1. The van der Waals surface area contributed by atoms with E-state index < -0.39 is 0 Å². The third kappa shape index (κ3) is 4.87. The molecule has 2 heterocycles. The van der Waals surface area contributed by atoms with Crippen LogP contribution in [0, 0.1) is 0 Å². The summed E-state index contributed by atoms with van der Waals surface area (Å²) in [5.41, 5.74) is 1.20. The number of nitrogens with zero attached hydrogens (tertiary/aromatic N) is 4. The van der Waals surface area contributed by atoms with Crippen LogP contribution in [0.25, 0.3) is 0 Å². The summed E-state index contributed by atoms with van der Waals surface area (Å²) in [4.78, 5) is 24.9. The average Bonchev–Trinajstić information content (AvgIpc) is 2.72. The van der Waals surface area contributed by atoms with Crippen LogP contribution in [0.2, 0.25) is 0 Å². The Morgan fingerprint density at radius 1 is 1.19 bits per heavy atom. The summed E-state index contributed by atoms with van der Waals surface area (Å²) in [6.07, 6.45) is 3.29. The zero-order valence-corrected chi connectivity index (χ0v) is 16.1. The van der Waals surface area contributed by atoms with Crippen molar-refractivity contribution in [3.63, 3.8) is 0 Å². The fourth-order valence-corrected chi connectivity index (χ4v) is 2.97. The number of hydrogen-bond donors (Lipinski definition) is 0. The number of hydrogen-bond acceptors (Lipinski definition) is 6. The summed E-state index contributed by atoms with van der Waals surface area (Å²) >= 11 is 0. The van der Waals surface area contributed by atoms with Gasteiger partial charge < -0.3 is 19.3 Å². The van der Waals surface area contributed by atoms with Crippen LogP contribution in [-0.2, 0) is 4.79 Å². The summed E-state index contributed by atoms with van der Waals surface area (Å²) in [7, 11) is 1.57. The van der Waals surface area contributed by atoms with Gasteiger partial charge in [0.15, 0.2) is 12.4 Å². The van der Waals surface area contributed by atoms with Gasteiger partial charge in [0.05, 0.1) is 19.5 Å². The van der Waals surface area contributed by atoms with Crippen LogP contribution in [0.1, 0.15) is 25.3 Å². The maximum absolute atomic E-state index is 12.5. The van der Waals surface area contributed by atoms with E-state index >= 15 is 0 Å². The summed E-state index contributed by atoms with van der Waals surface area (Å²) in [6.45, 7) is 7.00. The van der Waals surface area contributed by atoms with E-state index in [9.17, 15) is 4.79 Å². The van der Waals surface area contributed by atoms with E-state index in [4.69, 9.17) is 9.47 Å². The van der Waals surface area contributed by atoms with Gasteiger partial charge in [-0.15, -0.1) is 0 Å². The van der Waals surface area contributed by atoms with Crippen LogP contribution in [0.4, 0.5) is 5.82 Å². The molecule has 1 aromatic carbocycles. The molecule has 0 saturated carbocycles. The molecule has 1 aromatic heterocycles. The largest absolute Gasteiger partial charge is 0.484 e. The van der Waals surface area contributed by atoms with Crippen molar-refractivity contribution in [2.75, 3.05) is 44.8 Å². The predicted octanol–water partition coefficient (Wildman–Crippen LogP) is 2.34. The lowest BCUT2D eigenvalue weighted by molar-refractivity contribution is -0.133. The molecule has 7 heteroatoms. The number of aromatic nitrogens is 2. The maximum Gasteiger partial charge on any atom is 0.260 e. The summed E-state index contributed by atoms with van der Waals surface area (Å²) < 4.78 is 10.8. The monoisotopic (exact) mass is 370 g/mol. The van der Waals surface area contributed by atoms with Crippen LogP contribution in [0.5, 0.6) is 11.6 Å². The first-order valence-corrected chi connectivity index (χ1v) is 9.18. The molecule has 0 aliphatic carbocycles. The Hall–Kier alpha value is -2.83. The minimum absolute atomic E-state index is 0.00123. The quantitative estimate of drug-likeness (QED) is 0.777. The first kappa shape index (κ1) is 18.9. The van der Waals surface area contributed by atoms with E-state index in [-0.39, 0.29) is 12.5 Å². The number of ether oxygens (including phenoxy) is 2. The molecule has 1 aliphatic rings. The Morgan fingerprint density at radius 3 is 2.67 bits per heavy atom. The summed E-state index contributed by atoms with van der Waals surface area (Å²) in [5, 5.41) is 0. The predicted molar refractivity (Wildman–Crippen MR) is 103 cm³/mol. The lowest BCUT2D eigenvalue weighted by atomic mass is 10.0. The molecule has 0 radical (unpaired) electrons. The highest BCUT2D eigenvalue weighted by Gasteiger charge is 2.22. The van der Waals surface area contributed by atoms with E-state index in [0.29, 0.717) is 38.0 Å². The molecule has 0 bridgehead atoms. The first-order valence-electron chi connectivity index (χ1n) is 9.18. The second kappa shape index (κ2) is 8.70. The maximum atomic E-state index is 12.5. The average molecular weight is 370 g/mol. The first-order chi connectivity index (χ1) is 13.1. The third-order valence-electron chi connectivity index (χ3n) is 4.65. The normalized spacial score (nSPS) is 14.4. The molecule has 1 aliphatic heterocycles. The molecule has 0 unspecified atom stereocenters. The van der Waals surface area contributed by atoms with Gasteiger partial charge in [-0.05, 0) is 23.6 Å². The fourth-order valence-electron chi connectivity index (χ4n) is 2.97. The van der Waals surface area contributed by atoms with Gasteiger partial charge in [-0.3, -0.25) is 9.78 Å². The number of amides is 1. The van der Waals surface area contributed by atoms with Gasteiger partial charge in [-0.2, -0.15) is 4.98 Å². The molecule has 144 valence electrons. The summed E-state index contributed by atoms with van der Waals surface area (Å²) in [6, 6.07) is 7.92. The van der Waals surface area contributed by atoms with Gasteiger partial charge in [0.2, 0.25) is 5.88 Å². The highest BCUT2D eigenvalue weighted by molar-refractivity contribution is 5.78. The molecule has 1 fully saturated rings. The lowest BCUT2D eigenvalue weighted by Gasteiger charge is -2.35. The van der Waals surface area contributed by atoms with Crippen molar-refractivity contribution in [3.05, 3.63) is 42.2 Å². The van der Waals surface area contributed by atoms with Crippen molar-refractivity contribution in [2.45, 2.75) is 19.8 Å². The van der Waals surface area contributed by atoms with Crippen LogP contribution < -0.4 is 14.4 Å². The molecule has 0 N–H and O–H groups in total. The van der Waals surface area contributed by atoms with E-state index in [1.54, 1.807) is 19.5 Å². The molecule has 2 aromatic rings. The molecule has 27 heavy (non-hydrogen) atoms. The number of anilines is 1. The zero-order chi connectivity index (χ0) is 19.2. The van der Waals surface area contributed by atoms with Gasteiger partial charge in [0.1, 0.15) is 5.75 Å². The van der Waals surface area contributed by atoms with Gasteiger partial charge >= 0.3 is 0 Å². The highest BCUT2D eigenvalue weighted by atomic mass is 16.5. The minimum Gasteiger partial charge on any atom is -0.484 e. The fraction of sp³-hybridized carbons (Fsp3) is 0.450. The molecule has 0 atom stereocenters. The van der Waals surface area contributed by atoms with E-state index in [1.807, 2.05) is 23.1 Å². The molecule has 0 spiro atoms. The molecule has 7 nitrogen and oxygen atoms in total. The SMILES string of the molecule is COc1cncc(N2CCN(C(=O)COc3cccc(C(C)C)c3)CC2)n1. The number of rotatable bonds is 6. The zero-order valence-electron chi connectivity index (χ0n) is 16.1. The number of benzene rings is 1. The highest BCUT2D eigenvalue weighted by Crippen LogP contribution is 2.20. The Kier molecular flexibility index (Phi) is 6.11. The standard InChI is InChI=1S/C20H26N4O3/c1-15(2)16-5-4-6-17(11-16)27-14-20(25)24-9-7-23(8-10-24)18-12-21-13-19(22-18)26-3/h4-6,11-13,15H,7-10,14H2,1-3H3. The van der Waals surface area contributed by atoms with Crippen molar-refractivity contribution in [2.24, 2.45) is 0 Å². The van der Waals surface area contributed by atoms with Crippen molar-refractivity contribution in [3.8, 4) is 11.6 Å². The molecular weight excluding hydrogens is 344 g/mol. The van der Waals surface area contributed by atoms with E-state index in [1.165, 1.54) is 5.56 Å². The van der Waals surface area contributed by atoms with Crippen LogP contribution in [0.3, 0.4) is 0 Å². The smallest absolute Gasteiger partial charge is 0.260 e. The Bertz CT molecular complexity index is 773. The molecular formula is C20H26N4O3. The van der Waals surface area contributed by atoms with E-state index in [0.717, 1.165) is 11.6 Å². The summed E-state index contributed by atoms with van der Waals surface area (Å²) in [5.74, 6) is 2.42. The van der Waals surface area contributed by atoms with Crippen LogP contribution in [0.15, 0.2) is 36.7 Å². The Labute approximate surface area is 159 Å². The second-order valence-corrected chi connectivity index (χ2v) is 6.80. The lowest BCUT2D eigenvalue weighted by Crippen LogP contribution is -2.50. The second-order valence-electron chi connectivity index (χ2n) is 6.80. The van der Waals surface area contributed by atoms with Crippen molar-refractivity contribution >= 4 is 11.7 Å². The van der Waals surface area contributed by atoms with Crippen molar-refractivity contribution in [1.82, 2.24) is 14.9 Å². The van der Waals surface area contributed by atoms with Gasteiger partial charge in [-0.25, -0.2) is 0 Å². The Balaban J connectivity index is 1.50. The van der Waals surface area contributed by atoms with E-state index in [2.05, 4.69) is 34.8 Å². The minimum atomic E-state index is 0.00123. The van der Waals surface area contributed by atoms with Crippen LogP contribution >= 0.6 is 0 Å².